The molecule has 3 aromatic rings. The number of sulfonamides is 1. The van der Waals surface area contributed by atoms with Gasteiger partial charge in [0.25, 0.3) is 0 Å². The summed E-state index contributed by atoms with van der Waals surface area (Å²) in [7, 11) is -4.37. The molecule has 2 heterocycles. The molecule has 2 aromatic heterocycles. The maximum Gasteiger partial charge on any atom is 0.404 e. The normalized spacial score (nSPS) is 13.5. The predicted octanol–water partition coefficient (Wildman–Crippen LogP) is 4.77. The summed E-state index contributed by atoms with van der Waals surface area (Å²) in [5.74, 6) is 0.242. The Morgan fingerprint density at radius 1 is 1.19 bits per heavy atom. The van der Waals surface area contributed by atoms with Crippen molar-refractivity contribution in [2.24, 2.45) is 5.92 Å². The van der Waals surface area contributed by atoms with Gasteiger partial charge in [-0.05, 0) is 49.1 Å². The van der Waals surface area contributed by atoms with Crippen LogP contribution in [-0.4, -0.2) is 30.2 Å². The molecular formula is C22H23F3N4O2S. The van der Waals surface area contributed by atoms with E-state index in [1.54, 1.807) is 10.9 Å². The van der Waals surface area contributed by atoms with E-state index in [1.807, 2.05) is 31.4 Å². The molecule has 1 N–H and O–H groups in total. The maximum absolute atomic E-state index is 12.8. The molecule has 1 aromatic carbocycles. The second kappa shape index (κ2) is 8.56. The molecule has 0 saturated heterocycles. The first-order chi connectivity index (χ1) is 14.8. The average molecular weight is 465 g/mol. The molecule has 3 rings (SSSR count). The smallest absolute Gasteiger partial charge is 0.324 e. The summed E-state index contributed by atoms with van der Waals surface area (Å²) in [6.45, 7) is 7.25. The third kappa shape index (κ3) is 4.64. The fourth-order valence-corrected chi connectivity index (χ4v) is 4.67. The van der Waals surface area contributed by atoms with Crippen molar-refractivity contribution in [1.29, 1.82) is 5.26 Å². The summed E-state index contributed by atoms with van der Waals surface area (Å²) in [4.78, 5) is 4.21. The number of nitriles is 1. The lowest BCUT2D eigenvalue weighted by Crippen LogP contribution is -2.42. The number of nitrogens with zero attached hydrogens (tertiary/aromatic N) is 3. The lowest BCUT2D eigenvalue weighted by atomic mass is 10.1. The molecule has 0 amide bonds. The highest BCUT2D eigenvalue weighted by Crippen LogP contribution is 2.34. The fourth-order valence-electron chi connectivity index (χ4n) is 3.45. The Morgan fingerprint density at radius 3 is 2.34 bits per heavy atom. The summed E-state index contributed by atoms with van der Waals surface area (Å²) < 4.78 is 66.6. The molecule has 10 heteroatoms. The van der Waals surface area contributed by atoms with E-state index in [4.69, 9.17) is 0 Å². The third-order valence-electron chi connectivity index (χ3n) is 4.96. The van der Waals surface area contributed by atoms with Gasteiger partial charge in [0.1, 0.15) is 17.8 Å². The number of aromatic nitrogens is 2. The summed E-state index contributed by atoms with van der Waals surface area (Å²) in [5.41, 5.74) is 3.12. The number of rotatable bonds is 6. The van der Waals surface area contributed by atoms with Crippen LogP contribution in [-0.2, 0) is 16.6 Å². The van der Waals surface area contributed by atoms with Gasteiger partial charge in [-0.3, -0.25) is 0 Å². The van der Waals surface area contributed by atoms with Crippen LogP contribution in [0.5, 0.6) is 0 Å². The first-order valence-electron chi connectivity index (χ1n) is 9.93. The number of benzene rings is 1. The van der Waals surface area contributed by atoms with Gasteiger partial charge < -0.3 is 4.57 Å². The van der Waals surface area contributed by atoms with Gasteiger partial charge in [-0.25, -0.2) is 13.4 Å². The number of fused-ring (bicyclic) bond motifs is 1. The van der Waals surface area contributed by atoms with E-state index in [0.29, 0.717) is 34.4 Å². The molecule has 1 unspecified atom stereocenters. The molecule has 170 valence electrons. The van der Waals surface area contributed by atoms with Crippen LogP contribution < -0.4 is 4.72 Å². The maximum atomic E-state index is 12.8. The van der Waals surface area contributed by atoms with E-state index in [0.717, 1.165) is 12.5 Å². The first-order valence-corrected chi connectivity index (χ1v) is 11.4. The average Bonchev–Trinajstić information content (AvgIpc) is 2.98. The highest BCUT2D eigenvalue weighted by molar-refractivity contribution is 7.89. The van der Waals surface area contributed by atoms with E-state index in [-0.39, 0.29) is 10.8 Å². The molecular weight excluding hydrogens is 441 g/mol. The van der Waals surface area contributed by atoms with Crippen LogP contribution in [0.1, 0.15) is 31.9 Å². The summed E-state index contributed by atoms with van der Waals surface area (Å²) in [6, 6.07) is 7.34. The second-order valence-corrected chi connectivity index (χ2v) is 9.85. The molecule has 0 aliphatic carbocycles. The SMILES string of the molecule is Cc1cnc2c(c1)c(C#N)c(-c1ccc(S(=O)(=O)NC(C)C(F)(F)F)cc1)n2CC(C)C. The van der Waals surface area contributed by atoms with Gasteiger partial charge in [0.15, 0.2) is 0 Å². The van der Waals surface area contributed by atoms with Crippen LogP contribution >= 0.6 is 0 Å². The number of halogens is 3. The number of aryl methyl sites for hydroxylation is 1. The largest absolute Gasteiger partial charge is 0.404 e. The molecule has 32 heavy (non-hydrogen) atoms. The van der Waals surface area contributed by atoms with Gasteiger partial charge >= 0.3 is 6.18 Å². The molecule has 0 fully saturated rings. The monoisotopic (exact) mass is 464 g/mol. The van der Waals surface area contributed by atoms with Crippen LogP contribution in [0.3, 0.4) is 0 Å². The Morgan fingerprint density at radius 2 is 1.81 bits per heavy atom. The third-order valence-corrected chi connectivity index (χ3v) is 6.51. The Hall–Kier alpha value is -2.90. The van der Waals surface area contributed by atoms with E-state index in [1.165, 1.54) is 24.3 Å². The Bertz CT molecular complexity index is 1290. The molecule has 0 radical (unpaired) electrons. The van der Waals surface area contributed by atoms with Crippen LogP contribution in [0, 0.1) is 24.2 Å². The zero-order valence-corrected chi connectivity index (χ0v) is 18.8. The minimum Gasteiger partial charge on any atom is -0.324 e. The number of pyridine rings is 1. The van der Waals surface area contributed by atoms with Gasteiger partial charge in [-0.15, -0.1) is 0 Å². The fraction of sp³-hybridized carbons (Fsp3) is 0.364. The Kier molecular flexibility index (Phi) is 6.36. The lowest BCUT2D eigenvalue weighted by Gasteiger charge is -2.17. The zero-order valence-electron chi connectivity index (χ0n) is 18.0. The van der Waals surface area contributed by atoms with Crippen LogP contribution in [0.4, 0.5) is 13.2 Å². The van der Waals surface area contributed by atoms with Gasteiger partial charge in [0, 0.05) is 18.1 Å². The molecule has 0 aliphatic heterocycles. The lowest BCUT2D eigenvalue weighted by molar-refractivity contribution is -0.147. The summed E-state index contributed by atoms with van der Waals surface area (Å²) >= 11 is 0. The van der Waals surface area contributed by atoms with Crippen LogP contribution in [0.25, 0.3) is 22.3 Å². The number of alkyl halides is 3. The van der Waals surface area contributed by atoms with Crippen molar-refractivity contribution in [3.8, 4) is 17.3 Å². The Labute approximate surface area is 184 Å². The predicted molar refractivity (Wildman–Crippen MR) is 115 cm³/mol. The molecule has 0 saturated carbocycles. The zero-order chi connectivity index (χ0) is 23.8. The minimum absolute atomic E-state index is 0.242. The highest BCUT2D eigenvalue weighted by Gasteiger charge is 2.38. The van der Waals surface area contributed by atoms with Crippen molar-refractivity contribution < 1.29 is 21.6 Å². The van der Waals surface area contributed by atoms with Gasteiger partial charge in [-0.2, -0.15) is 23.2 Å². The van der Waals surface area contributed by atoms with Crippen molar-refractivity contribution in [2.75, 3.05) is 0 Å². The van der Waals surface area contributed by atoms with Crippen molar-refractivity contribution in [3.05, 3.63) is 47.7 Å². The second-order valence-electron chi connectivity index (χ2n) is 8.13. The van der Waals surface area contributed by atoms with Crippen LogP contribution in [0.2, 0.25) is 0 Å². The molecule has 0 spiro atoms. The van der Waals surface area contributed by atoms with E-state index < -0.39 is 22.2 Å². The van der Waals surface area contributed by atoms with Gasteiger partial charge in [0.05, 0.1) is 16.2 Å². The molecule has 6 nitrogen and oxygen atoms in total. The van der Waals surface area contributed by atoms with E-state index in [2.05, 4.69) is 11.1 Å². The standard InChI is InChI=1S/C22H23F3N4O2S/c1-13(2)12-29-20(19(10-26)18-9-14(3)11-27-21(18)29)16-5-7-17(8-6-16)32(30,31)28-15(4)22(23,24)25/h5-9,11,13,15,28H,12H2,1-4H3. The topological polar surface area (TPSA) is 87.8 Å². The number of nitrogens with one attached hydrogen (secondary N) is 1. The Balaban J connectivity index is 2.11. The number of hydrogen-bond donors (Lipinski definition) is 1. The first kappa shape index (κ1) is 23.8. The highest BCUT2D eigenvalue weighted by atomic mass is 32.2. The number of hydrogen-bond acceptors (Lipinski definition) is 4. The van der Waals surface area contributed by atoms with Crippen molar-refractivity contribution >= 4 is 21.1 Å². The van der Waals surface area contributed by atoms with E-state index in [9.17, 15) is 26.9 Å². The van der Waals surface area contributed by atoms with E-state index >= 15 is 0 Å². The summed E-state index contributed by atoms with van der Waals surface area (Å²) in [6.07, 6.45) is -2.98. The minimum atomic E-state index is -4.70. The van der Waals surface area contributed by atoms with Crippen LogP contribution in [0.15, 0.2) is 41.4 Å². The molecule has 0 aliphatic rings. The van der Waals surface area contributed by atoms with Gasteiger partial charge in [-0.1, -0.05) is 26.0 Å². The summed E-state index contributed by atoms with van der Waals surface area (Å²) in [5, 5.41) is 10.6. The van der Waals surface area contributed by atoms with Gasteiger partial charge in [0.2, 0.25) is 10.0 Å². The quantitative estimate of drug-likeness (QED) is 0.569. The van der Waals surface area contributed by atoms with Crippen molar-refractivity contribution in [3.63, 3.8) is 0 Å². The van der Waals surface area contributed by atoms with Crippen molar-refractivity contribution in [2.45, 2.75) is 51.4 Å². The molecule has 1 atom stereocenters. The molecule has 0 bridgehead atoms. The van der Waals surface area contributed by atoms with Crippen molar-refractivity contribution in [1.82, 2.24) is 14.3 Å².